The van der Waals surface area contributed by atoms with E-state index < -0.39 is 5.41 Å². The summed E-state index contributed by atoms with van der Waals surface area (Å²) in [4.78, 5) is 12.1. The molecule has 0 atom stereocenters. The fraction of sp³-hybridized carbons (Fsp3) is 0.429. The van der Waals surface area contributed by atoms with Crippen LogP contribution in [0.15, 0.2) is 29.4 Å². The van der Waals surface area contributed by atoms with Gasteiger partial charge < -0.3 is 21.0 Å². The Labute approximate surface area is 117 Å². The third-order valence-electron chi connectivity index (χ3n) is 3.37. The molecule has 1 amide bonds. The first-order valence-corrected chi connectivity index (χ1v) is 6.64. The maximum atomic E-state index is 12.1. The molecule has 2 rings (SSSR count). The summed E-state index contributed by atoms with van der Waals surface area (Å²) >= 11 is 0. The van der Waals surface area contributed by atoms with Crippen LogP contribution in [0.2, 0.25) is 0 Å². The van der Waals surface area contributed by atoms with Gasteiger partial charge in [0.1, 0.15) is 11.2 Å². The second kappa shape index (κ2) is 5.81. The Morgan fingerprint density at radius 1 is 1.45 bits per heavy atom. The Hall–Kier alpha value is -2.24. The number of carbonyl (C=O) groups is 1. The molecule has 0 unspecified atom stereocenters. The number of carbonyl (C=O) groups excluding carboxylic acids is 1. The van der Waals surface area contributed by atoms with Gasteiger partial charge in [0.15, 0.2) is 5.84 Å². The maximum Gasteiger partial charge on any atom is 0.238 e. The first-order chi connectivity index (χ1) is 9.62. The standard InChI is InChI=1S/C14H19N3O3/c1-2-9-20-11-5-3-10(4-6-11)16-13(18)14(7-8-14)12(15)17-19/h3-6,19H,2,7-9H2,1H3,(H2,15,17)(H,16,18). The Kier molecular flexibility index (Phi) is 4.12. The monoisotopic (exact) mass is 277 g/mol. The van der Waals surface area contributed by atoms with Crippen molar-refractivity contribution in [1.82, 2.24) is 0 Å². The van der Waals surface area contributed by atoms with Crippen molar-refractivity contribution in [3.05, 3.63) is 24.3 Å². The van der Waals surface area contributed by atoms with E-state index in [9.17, 15) is 4.79 Å². The van der Waals surface area contributed by atoms with E-state index in [1.807, 2.05) is 6.92 Å². The lowest BCUT2D eigenvalue weighted by molar-refractivity contribution is -0.119. The molecule has 0 aromatic heterocycles. The van der Waals surface area contributed by atoms with Gasteiger partial charge in [-0.3, -0.25) is 4.79 Å². The Bertz CT molecular complexity index is 507. The van der Waals surface area contributed by atoms with Crippen molar-refractivity contribution in [3.8, 4) is 5.75 Å². The van der Waals surface area contributed by atoms with Crippen LogP contribution < -0.4 is 15.8 Å². The summed E-state index contributed by atoms with van der Waals surface area (Å²) in [5, 5.41) is 14.4. The summed E-state index contributed by atoms with van der Waals surface area (Å²) < 4.78 is 5.47. The van der Waals surface area contributed by atoms with Crippen molar-refractivity contribution in [2.24, 2.45) is 16.3 Å². The zero-order valence-corrected chi connectivity index (χ0v) is 11.4. The highest BCUT2D eigenvalue weighted by molar-refractivity contribution is 6.14. The summed E-state index contributed by atoms with van der Waals surface area (Å²) in [6.07, 6.45) is 2.15. The topological polar surface area (TPSA) is 96.9 Å². The minimum atomic E-state index is -0.841. The van der Waals surface area contributed by atoms with Crippen LogP contribution in [-0.2, 0) is 4.79 Å². The van der Waals surface area contributed by atoms with Crippen molar-refractivity contribution in [2.75, 3.05) is 11.9 Å². The van der Waals surface area contributed by atoms with Gasteiger partial charge in [0.2, 0.25) is 5.91 Å². The molecule has 0 heterocycles. The lowest BCUT2D eigenvalue weighted by Gasteiger charge is -2.14. The maximum absolute atomic E-state index is 12.1. The first-order valence-electron chi connectivity index (χ1n) is 6.64. The number of nitrogens with zero attached hydrogens (tertiary/aromatic N) is 1. The molecule has 1 aromatic carbocycles. The molecule has 6 heteroatoms. The molecule has 1 saturated carbocycles. The minimum absolute atomic E-state index is 0.0297. The molecule has 0 bridgehead atoms. The number of nitrogens with one attached hydrogen (secondary N) is 1. The summed E-state index contributed by atoms with van der Waals surface area (Å²) in [7, 11) is 0. The number of ether oxygens (including phenoxy) is 1. The van der Waals surface area contributed by atoms with Gasteiger partial charge in [-0.05, 0) is 43.5 Å². The van der Waals surface area contributed by atoms with E-state index in [0.29, 0.717) is 25.1 Å². The lowest BCUT2D eigenvalue weighted by Crippen LogP contribution is -2.36. The molecule has 4 N–H and O–H groups in total. The van der Waals surface area contributed by atoms with Crippen molar-refractivity contribution in [3.63, 3.8) is 0 Å². The van der Waals surface area contributed by atoms with Crippen LogP contribution in [0.25, 0.3) is 0 Å². The van der Waals surface area contributed by atoms with Crippen LogP contribution >= 0.6 is 0 Å². The van der Waals surface area contributed by atoms with Gasteiger partial charge in [0, 0.05) is 5.69 Å². The molecule has 108 valence electrons. The number of amides is 1. The highest BCUT2D eigenvalue weighted by atomic mass is 16.5. The normalized spacial score (nSPS) is 16.6. The van der Waals surface area contributed by atoms with Crippen molar-refractivity contribution in [2.45, 2.75) is 26.2 Å². The Balaban J connectivity index is 1.98. The van der Waals surface area contributed by atoms with E-state index >= 15 is 0 Å². The van der Waals surface area contributed by atoms with Gasteiger partial charge in [-0.2, -0.15) is 0 Å². The number of amidine groups is 1. The molecule has 0 radical (unpaired) electrons. The molecule has 1 aliphatic rings. The summed E-state index contributed by atoms with van der Waals surface area (Å²) in [6, 6.07) is 7.14. The number of benzene rings is 1. The minimum Gasteiger partial charge on any atom is -0.494 e. The van der Waals surface area contributed by atoms with Crippen molar-refractivity contribution >= 4 is 17.4 Å². The van der Waals surface area contributed by atoms with Crippen LogP contribution in [0.4, 0.5) is 5.69 Å². The second-order valence-electron chi connectivity index (χ2n) is 4.89. The van der Waals surface area contributed by atoms with Gasteiger partial charge in [0.05, 0.1) is 6.61 Å². The van der Waals surface area contributed by atoms with E-state index in [2.05, 4.69) is 10.5 Å². The number of hydrogen-bond donors (Lipinski definition) is 3. The molecule has 0 aliphatic heterocycles. The van der Waals surface area contributed by atoms with Gasteiger partial charge in [-0.25, -0.2) is 0 Å². The number of oxime groups is 1. The van der Waals surface area contributed by atoms with Crippen LogP contribution in [-0.4, -0.2) is 23.6 Å². The molecular formula is C14H19N3O3. The molecular weight excluding hydrogens is 258 g/mol. The summed E-state index contributed by atoms with van der Waals surface area (Å²) in [5.74, 6) is 0.496. The fourth-order valence-corrected chi connectivity index (χ4v) is 1.93. The van der Waals surface area contributed by atoms with E-state index in [-0.39, 0.29) is 11.7 Å². The molecule has 6 nitrogen and oxygen atoms in total. The van der Waals surface area contributed by atoms with E-state index in [1.165, 1.54) is 0 Å². The van der Waals surface area contributed by atoms with Crippen LogP contribution in [0.5, 0.6) is 5.75 Å². The zero-order valence-electron chi connectivity index (χ0n) is 11.4. The van der Waals surface area contributed by atoms with Gasteiger partial charge >= 0.3 is 0 Å². The fourth-order valence-electron chi connectivity index (χ4n) is 1.93. The third-order valence-corrected chi connectivity index (χ3v) is 3.37. The molecule has 1 aromatic rings. The molecule has 0 spiro atoms. The summed E-state index contributed by atoms with van der Waals surface area (Å²) in [6.45, 7) is 2.70. The number of nitrogens with two attached hydrogens (primary N) is 1. The highest BCUT2D eigenvalue weighted by Gasteiger charge is 2.54. The van der Waals surface area contributed by atoms with Crippen LogP contribution in [0.1, 0.15) is 26.2 Å². The predicted octanol–water partition coefficient (Wildman–Crippen LogP) is 1.94. The summed E-state index contributed by atoms with van der Waals surface area (Å²) in [5.41, 5.74) is 5.39. The number of hydrogen-bond acceptors (Lipinski definition) is 4. The van der Waals surface area contributed by atoms with Gasteiger partial charge in [-0.15, -0.1) is 0 Å². The Morgan fingerprint density at radius 3 is 2.60 bits per heavy atom. The van der Waals surface area contributed by atoms with Crippen molar-refractivity contribution < 1.29 is 14.7 Å². The second-order valence-corrected chi connectivity index (χ2v) is 4.89. The number of rotatable bonds is 6. The first kappa shape index (κ1) is 14.2. The largest absolute Gasteiger partial charge is 0.494 e. The zero-order chi connectivity index (χ0) is 14.6. The average molecular weight is 277 g/mol. The third kappa shape index (κ3) is 2.84. The van der Waals surface area contributed by atoms with E-state index in [1.54, 1.807) is 24.3 Å². The molecule has 0 saturated heterocycles. The van der Waals surface area contributed by atoms with Gasteiger partial charge in [0.25, 0.3) is 0 Å². The van der Waals surface area contributed by atoms with E-state index in [4.69, 9.17) is 15.7 Å². The Morgan fingerprint density at radius 2 is 2.10 bits per heavy atom. The number of anilines is 1. The van der Waals surface area contributed by atoms with Crippen molar-refractivity contribution in [1.29, 1.82) is 0 Å². The molecule has 20 heavy (non-hydrogen) atoms. The van der Waals surface area contributed by atoms with Crippen LogP contribution in [0.3, 0.4) is 0 Å². The highest BCUT2D eigenvalue weighted by Crippen LogP contribution is 2.46. The molecule has 1 aliphatic carbocycles. The van der Waals surface area contributed by atoms with Gasteiger partial charge in [-0.1, -0.05) is 12.1 Å². The smallest absolute Gasteiger partial charge is 0.238 e. The van der Waals surface area contributed by atoms with Crippen LogP contribution in [0, 0.1) is 5.41 Å². The quantitative estimate of drug-likeness (QED) is 0.320. The van der Waals surface area contributed by atoms with E-state index in [0.717, 1.165) is 12.2 Å². The molecule has 1 fully saturated rings. The SMILES string of the molecule is CCCOc1ccc(NC(=O)C2(/C(N)=N/O)CC2)cc1. The predicted molar refractivity (Wildman–Crippen MR) is 75.9 cm³/mol. The lowest BCUT2D eigenvalue weighted by atomic mass is 10.1. The average Bonchev–Trinajstić information content (AvgIpc) is 3.27.